The molecule has 1 N–H and O–H groups in total. The van der Waals surface area contributed by atoms with E-state index in [2.05, 4.69) is 5.32 Å². The average Bonchev–Trinajstić information content (AvgIpc) is 2.45. The Bertz CT molecular complexity index is 664. The number of nitrogens with zero attached hydrogens (tertiary/aromatic N) is 1. The largest absolute Gasteiger partial charge is 0.454 e. The molecule has 0 radical (unpaired) electrons. The van der Waals surface area contributed by atoms with Gasteiger partial charge < -0.3 is 5.32 Å². The lowest BCUT2D eigenvalue weighted by Gasteiger charge is -2.23. The minimum Gasteiger partial charge on any atom is -0.366 e. The Kier molecular flexibility index (Phi) is 3.85. The molecule has 3 nitrogen and oxygen atoms in total. The molecular formula is C15H11F3N2O. The van der Waals surface area contributed by atoms with Crippen molar-refractivity contribution in [2.24, 2.45) is 0 Å². The van der Waals surface area contributed by atoms with Gasteiger partial charge in [-0.05, 0) is 12.5 Å². The van der Waals surface area contributed by atoms with E-state index in [0.29, 0.717) is 5.56 Å². The zero-order chi connectivity index (χ0) is 15.6. The van der Waals surface area contributed by atoms with Gasteiger partial charge >= 0.3 is 6.18 Å². The first-order chi connectivity index (χ1) is 9.84. The van der Waals surface area contributed by atoms with Crippen molar-refractivity contribution >= 4 is 5.78 Å². The number of nitrogens with one attached hydrogen (secondary N) is 1. The molecule has 1 aliphatic heterocycles. The molecule has 6 heteroatoms. The van der Waals surface area contributed by atoms with Crippen molar-refractivity contribution in [2.75, 3.05) is 0 Å². The van der Waals surface area contributed by atoms with E-state index in [9.17, 15) is 18.0 Å². The predicted molar refractivity (Wildman–Crippen MR) is 69.9 cm³/mol. The van der Waals surface area contributed by atoms with Gasteiger partial charge in [-0.3, -0.25) is 4.79 Å². The minimum atomic E-state index is -4.98. The van der Waals surface area contributed by atoms with E-state index in [1.165, 1.54) is 6.20 Å². The van der Waals surface area contributed by atoms with Crippen molar-refractivity contribution in [2.45, 2.75) is 19.0 Å². The van der Waals surface area contributed by atoms with E-state index in [4.69, 9.17) is 5.26 Å². The Labute approximate surface area is 119 Å². The van der Waals surface area contributed by atoms with Crippen LogP contribution in [0.1, 0.15) is 17.0 Å². The second kappa shape index (κ2) is 5.44. The highest BCUT2D eigenvalue weighted by molar-refractivity contribution is 6.01. The van der Waals surface area contributed by atoms with Gasteiger partial charge in [0, 0.05) is 18.0 Å². The molecule has 0 saturated heterocycles. The number of carbonyl (C=O) groups excluding carboxylic acids is 1. The second-order valence-electron chi connectivity index (χ2n) is 4.65. The van der Waals surface area contributed by atoms with Gasteiger partial charge in [-0.1, -0.05) is 29.8 Å². The lowest BCUT2D eigenvalue weighted by Crippen LogP contribution is -2.30. The summed E-state index contributed by atoms with van der Waals surface area (Å²) < 4.78 is 38.1. The van der Waals surface area contributed by atoms with Gasteiger partial charge in [-0.25, -0.2) is 0 Å². The maximum Gasteiger partial charge on any atom is 0.454 e. The van der Waals surface area contributed by atoms with Gasteiger partial charge in [-0.2, -0.15) is 18.4 Å². The topological polar surface area (TPSA) is 52.9 Å². The molecule has 0 aromatic heterocycles. The fourth-order valence-corrected chi connectivity index (χ4v) is 2.13. The highest BCUT2D eigenvalue weighted by Gasteiger charge is 2.44. The molecule has 0 fully saturated rings. The van der Waals surface area contributed by atoms with E-state index >= 15 is 0 Å². The Morgan fingerprint density at radius 2 is 1.86 bits per heavy atom. The van der Waals surface area contributed by atoms with Gasteiger partial charge in [0.15, 0.2) is 0 Å². The number of rotatable bonds is 2. The normalized spacial score (nSPS) is 18.1. The number of ketones is 1. The first-order valence-corrected chi connectivity index (χ1v) is 6.09. The lowest BCUT2D eigenvalue weighted by atomic mass is 9.82. The molecule has 1 aromatic carbocycles. The third-order valence-corrected chi connectivity index (χ3v) is 3.16. The molecule has 0 aliphatic carbocycles. The van der Waals surface area contributed by atoms with Crippen LogP contribution in [0.4, 0.5) is 13.2 Å². The summed E-state index contributed by atoms with van der Waals surface area (Å²) in [6.45, 7) is 1.84. The molecule has 1 aliphatic rings. The molecule has 0 bridgehead atoms. The number of alkyl halides is 3. The summed E-state index contributed by atoms with van der Waals surface area (Å²) in [6.07, 6.45) is -2.67. The molecule has 108 valence electrons. The summed E-state index contributed by atoms with van der Waals surface area (Å²) in [5, 5.41) is 11.5. The molecule has 0 saturated carbocycles. The van der Waals surface area contributed by atoms with Crippen LogP contribution in [-0.4, -0.2) is 12.0 Å². The van der Waals surface area contributed by atoms with E-state index in [1.54, 1.807) is 24.3 Å². The van der Waals surface area contributed by atoms with Crippen LogP contribution in [0.5, 0.6) is 0 Å². The number of carbonyl (C=O) groups is 1. The highest BCUT2D eigenvalue weighted by atomic mass is 19.4. The van der Waals surface area contributed by atoms with Gasteiger partial charge in [0.2, 0.25) is 0 Å². The summed E-state index contributed by atoms with van der Waals surface area (Å²) in [7, 11) is 0. The van der Waals surface area contributed by atoms with Crippen molar-refractivity contribution in [3.05, 3.63) is 58.9 Å². The second-order valence-corrected chi connectivity index (χ2v) is 4.65. The summed E-state index contributed by atoms with van der Waals surface area (Å²) >= 11 is 0. The summed E-state index contributed by atoms with van der Waals surface area (Å²) in [6, 6.07) is 8.53. The van der Waals surface area contributed by atoms with Crippen molar-refractivity contribution < 1.29 is 18.0 Å². The SMILES string of the molecule is Cc1ccc(C2C(C#N)=CNC=C2C(=O)C(F)(F)F)cc1. The number of halogens is 3. The smallest absolute Gasteiger partial charge is 0.366 e. The van der Waals surface area contributed by atoms with Crippen LogP contribution in [0.3, 0.4) is 0 Å². The fourth-order valence-electron chi connectivity index (χ4n) is 2.13. The fraction of sp³-hybridized carbons (Fsp3) is 0.200. The Morgan fingerprint density at radius 1 is 1.24 bits per heavy atom. The van der Waals surface area contributed by atoms with Gasteiger partial charge in [0.05, 0.1) is 17.6 Å². The van der Waals surface area contributed by atoms with Crippen molar-refractivity contribution in [1.29, 1.82) is 5.26 Å². The zero-order valence-electron chi connectivity index (χ0n) is 11.0. The van der Waals surface area contributed by atoms with E-state index in [1.807, 2.05) is 13.0 Å². The summed E-state index contributed by atoms with van der Waals surface area (Å²) in [5.41, 5.74) is 0.987. The minimum absolute atomic E-state index is 0.0638. The molecule has 1 atom stereocenters. The number of nitriles is 1. The van der Waals surface area contributed by atoms with Crippen molar-refractivity contribution in [3.63, 3.8) is 0 Å². The predicted octanol–water partition coefficient (Wildman–Crippen LogP) is 3.10. The van der Waals surface area contributed by atoms with Gasteiger partial charge in [-0.15, -0.1) is 0 Å². The quantitative estimate of drug-likeness (QED) is 0.911. The molecule has 1 unspecified atom stereocenters. The Morgan fingerprint density at radius 3 is 2.38 bits per heavy atom. The van der Waals surface area contributed by atoms with Crippen LogP contribution in [0, 0.1) is 18.3 Å². The Hall–Kier alpha value is -2.55. The van der Waals surface area contributed by atoms with E-state index in [0.717, 1.165) is 11.8 Å². The third kappa shape index (κ3) is 2.97. The molecular weight excluding hydrogens is 281 g/mol. The Balaban J connectivity index is 2.49. The maximum atomic E-state index is 12.7. The van der Waals surface area contributed by atoms with Crippen LogP contribution in [0.15, 0.2) is 47.8 Å². The number of allylic oxidation sites excluding steroid dienone is 2. The number of hydrogen-bond acceptors (Lipinski definition) is 3. The van der Waals surface area contributed by atoms with Crippen molar-refractivity contribution in [1.82, 2.24) is 5.32 Å². The van der Waals surface area contributed by atoms with E-state index < -0.39 is 23.5 Å². The van der Waals surface area contributed by atoms with Crippen LogP contribution >= 0.6 is 0 Å². The van der Waals surface area contributed by atoms with Gasteiger partial charge in [0.25, 0.3) is 5.78 Å². The van der Waals surface area contributed by atoms with Gasteiger partial charge in [0.1, 0.15) is 0 Å². The summed E-state index contributed by atoms with van der Waals surface area (Å²) in [4.78, 5) is 11.6. The third-order valence-electron chi connectivity index (χ3n) is 3.16. The maximum absolute atomic E-state index is 12.7. The van der Waals surface area contributed by atoms with Crippen LogP contribution < -0.4 is 5.32 Å². The van der Waals surface area contributed by atoms with E-state index in [-0.39, 0.29) is 5.57 Å². The standard InChI is InChI=1S/C15H11F3N2O/c1-9-2-4-10(5-3-9)13-11(6-19)7-20-8-12(13)14(21)15(16,17)18/h2-5,7-8,13,20H,1H3. The molecule has 1 aromatic rings. The first-order valence-electron chi connectivity index (χ1n) is 6.09. The molecule has 21 heavy (non-hydrogen) atoms. The van der Waals surface area contributed by atoms with Crippen LogP contribution in [0.2, 0.25) is 0 Å². The number of Topliss-reactive ketones (excluding diaryl/α,β-unsaturated/α-hetero) is 1. The monoisotopic (exact) mass is 292 g/mol. The highest BCUT2D eigenvalue weighted by Crippen LogP contribution is 2.37. The molecule has 1 heterocycles. The number of benzene rings is 1. The number of dihydropyridines is 1. The lowest BCUT2D eigenvalue weighted by molar-refractivity contribution is -0.166. The molecule has 0 spiro atoms. The average molecular weight is 292 g/mol. The number of aryl methyl sites for hydroxylation is 1. The first kappa shape index (κ1) is 14.9. The zero-order valence-corrected chi connectivity index (χ0v) is 11.0. The molecule has 0 amide bonds. The van der Waals surface area contributed by atoms with Crippen LogP contribution in [0.25, 0.3) is 0 Å². The molecule has 2 rings (SSSR count). The number of hydrogen-bond donors (Lipinski definition) is 1. The summed E-state index contributed by atoms with van der Waals surface area (Å²) in [5.74, 6) is -2.95. The van der Waals surface area contributed by atoms with Crippen LogP contribution in [-0.2, 0) is 4.79 Å². The van der Waals surface area contributed by atoms with Crippen molar-refractivity contribution in [3.8, 4) is 6.07 Å².